The molecular formula is C10H16ClNO4S2. The Morgan fingerprint density at radius 3 is 2.56 bits per heavy atom. The van der Waals surface area contributed by atoms with E-state index in [-0.39, 0.29) is 29.7 Å². The van der Waals surface area contributed by atoms with Crippen LogP contribution in [0.2, 0.25) is 0 Å². The Hall–Kier alpha value is -0.290. The highest BCUT2D eigenvalue weighted by atomic mass is 35.5. The number of halogens is 1. The van der Waals surface area contributed by atoms with Crippen molar-refractivity contribution in [1.82, 2.24) is 4.31 Å². The minimum atomic E-state index is -3.54. The summed E-state index contributed by atoms with van der Waals surface area (Å²) in [5.41, 5.74) is 0. The summed E-state index contributed by atoms with van der Waals surface area (Å²) in [5, 5.41) is 0. The summed E-state index contributed by atoms with van der Waals surface area (Å²) in [7, 11) is -6.68. The van der Waals surface area contributed by atoms with Crippen LogP contribution in [-0.4, -0.2) is 56.9 Å². The van der Waals surface area contributed by atoms with E-state index in [1.54, 1.807) is 0 Å². The number of hydrogen-bond acceptors (Lipinski definition) is 4. The van der Waals surface area contributed by atoms with Crippen LogP contribution in [0.5, 0.6) is 0 Å². The molecule has 1 fully saturated rings. The van der Waals surface area contributed by atoms with Gasteiger partial charge < -0.3 is 0 Å². The van der Waals surface area contributed by atoms with E-state index in [0.717, 1.165) is 4.31 Å². The van der Waals surface area contributed by atoms with Crippen molar-refractivity contribution in [3.63, 3.8) is 0 Å². The normalized spacial score (nSPS) is 23.1. The minimum absolute atomic E-state index is 0.0176. The van der Waals surface area contributed by atoms with Gasteiger partial charge in [-0.3, -0.25) is 0 Å². The third-order valence-corrected chi connectivity index (χ3v) is 6.72. The number of alkyl halides is 1. The fourth-order valence-electron chi connectivity index (χ4n) is 1.90. The third-order valence-electron chi connectivity index (χ3n) is 2.76. The molecule has 1 unspecified atom stereocenters. The summed E-state index contributed by atoms with van der Waals surface area (Å²) < 4.78 is 48.0. The standard InChI is InChI=1S/C10H16ClNO4S2/c1-2-6-12(18(15,16)7-3-5-11)10-4-8-17(13,14)9-10/h1,10H,3-9H2. The molecule has 1 aliphatic heterocycles. The van der Waals surface area contributed by atoms with Crippen molar-refractivity contribution in [2.45, 2.75) is 18.9 Å². The van der Waals surface area contributed by atoms with Crippen LogP contribution < -0.4 is 0 Å². The molecule has 1 aliphatic rings. The summed E-state index contributed by atoms with van der Waals surface area (Å²) in [6.07, 6.45) is 5.79. The highest BCUT2D eigenvalue weighted by Gasteiger charge is 2.37. The Balaban J connectivity index is 2.87. The zero-order chi connectivity index (χ0) is 13.8. The maximum atomic E-state index is 12.1. The fraction of sp³-hybridized carbons (Fsp3) is 0.800. The molecule has 0 saturated carbocycles. The number of sulfonamides is 1. The van der Waals surface area contributed by atoms with Crippen LogP contribution in [0.4, 0.5) is 0 Å². The lowest BCUT2D eigenvalue weighted by molar-refractivity contribution is 0.371. The first kappa shape index (κ1) is 15.8. The molecule has 0 amide bonds. The van der Waals surface area contributed by atoms with Gasteiger partial charge in [0.1, 0.15) is 0 Å². The second-order valence-electron chi connectivity index (χ2n) is 4.16. The van der Waals surface area contributed by atoms with Crippen LogP contribution in [-0.2, 0) is 19.9 Å². The van der Waals surface area contributed by atoms with Crippen LogP contribution in [0.1, 0.15) is 12.8 Å². The predicted octanol–water partition coefficient (Wildman–Crippen LogP) is 0.0674. The second-order valence-corrected chi connectivity index (χ2v) is 8.81. The number of rotatable bonds is 6. The summed E-state index contributed by atoms with van der Waals surface area (Å²) in [4.78, 5) is 0. The molecule has 0 spiro atoms. The summed E-state index contributed by atoms with van der Waals surface area (Å²) in [6.45, 7) is -0.0925. The number of terminal acetylenes is 1. The minimum Gasteiger partial charge on any atom is -0.229 e. The van der Waals surface area contributed by atoms with E-state index < -0.39 is 25.9 Å². The van der Waals surface area contributed by atoms with E-state index in [9.17, 15) is 16.8 Å². The van der Waals surface area contributed by atoms with Gasteiger partial charge in [-0.2, -0.15) is 4.31 Å². The second kappa shape index (κ2) is 6.24. The Bertz CT molecular complexity index is 521. The molecule has 0 N–H and O–H groups in total. The topological polar surface area (TPSA) is 71.5 Å². The Morgan fingerprint density at radius 1 is 1.44 bits per heavy atom. The highest BCUT2D eigenvalue weighted by Crippen LogP contribution is 2.21. The lowest BCUT2D eigenvalue weighted by Crippen LogP contribution is -2.42. The quantitative estimate of drug-likeness (QED) is 0.514. The molecule has 5 nitrogen and oxygen atoms in total. The van der Waals surface area contributed by atoms with Crippen LogP contribution in [0.3, 0.4) is 0 Å². The first-order valence-electron chi connectivity index (χ1n) is 5.52. The van der Waals surface area contributed by atoms with Gasteiger partial charge in [-0.05, 0) is 12.8 Å². The first-order chi connectivity index (χ1) is 8.32. The lowest BCUT2D eigenvalue weighted by Gasteiger charge is -2.25. The Morgan fingerprint density at radius 2 is 2.11 bits per heavy atom. The third kappa shape index (κ3) is 4.12. The lowest BCUT2D eigenvalue weighted by atomic mass is 10.3. The summed E-state index contributed by atoms with van der Waals surface area (Å²) >= 11 is 5.48. The zero-order valence-electron chi connectivity index (χ0n) is 9.88. The molecule has 1 rings (SSSR count). The molecule has 0 bridgehead atoms. The van der Waals surface area contributed by atoms with Gasteiger partial charge >= 0.3 is 0 Å². The van der Waals surface area contributed by atoms with Gasteiger partial charge in [-0.1, -0.05) is 5.92 Å². The monoisotopic (exact) mass is 313 g/mol. The molecule has 0 aromatic rings. The fourth-order valence-corrected chi connectivity index (χ4v) is 5.67. The van der Waals surface area contributed by atoms with Gasteiger partial charge in [-0.15, -0.1) is 18.0 Å². The van der Waals surface area contributed by atoms with Gasteiger partial charge in [0, 0.05) is 11.9 Å². The highest BCUT2D eigenvalue weighted by molar-refractivity contribution is 7.92. The van der Waals surface area contributed by atoms with Gasteiger partial charge in [0.15, 0.2) is 9.84 Å². The number of hydrogen-bond donors (Lipinski definition) is 0. The predicted molar refractivity (Wildman–Crippen MR) is 71.7 cm³/mol. The molecule has 0 radical (unpaired) electrons. The van der Waals surface area contributed by atoms with Gasteiger partial charge in [0.2, 0.25) is 10.0 Å². The first-order valence-corrected chi connectivity index (χ1v) is 9.48. The van der Waals surface area contributed by atoms with Crippen LogP contribution in [0, 0.1) is 12.3 Å². The Kier molecular flexibility index (Phi) is 5.46. The molecule has 18 heavy (non-hydrogen) atoms. The average Bonchev–Trinajstić information content (AvgIpc) is 2.63. The van der Waals surface area contributed by atoms with Crippen molar-refractivity contribution in [1.29, 1.82) is 0 Å². The SMILES string of the molecule is C#CCN(C1CCS(=O)(=O)C1)S(=O)(=O)CCCCl. The van der Waals surface area contributed by atoms with Crippen molar-refractivity contribution in [3.05, 3.63) is 0 Å². The van der Waals surface area contributed by atoms with E-state index in [0.29, 0.717) is 12.8 Å². The van der Waals surface area contributed by atoms with Crippen LogP contribution in [0.15, 0.2) is 0 Å². The molecule has 0 aromatic heterocycles. The van der Waals surface area contributed by atoms with Gasteiger partial charge in [0.05, 0.1) is 23.8 Å². The largest absolute Gasteiger partial charge is 0.229 e. The van der Waals surface area contributed by atoms with E-state index in [1.165, 1.54) is 0 Å². The van der Waals surface area contributed by atoms with Crippen molar-refractivity contribution < 1.29 is 16.8 Å². The molecule has 8 heteroatoms. The molecule has 1 atom stereocenters. The molecule has 0 aromatic carbocycles. The van der Waals surface area contributed by atoms with Crippen LogP contribution >= 0.6 is 11.6 Å². The molecule has 0 aliphatic carbocycles. The van der Waals surface area contributed by atoms with Crippen molar-refractivity contribution in [2.75, 3.05) is 29.7 Å². The molecule has 104 valence electrons. The molecular weight excluding hydrogens is 298 g/mol. The summed E-state index contributed by atoms with van der Waals surface area (Å²) in [5.74, 6) is 2.29. The van der Waals surface area contributed by atoms with Crippen molar-refractivity contribution in [3.8, 4) is 12.3 Å². The molecule has 1 saturated heterocycles. The van der Waals surface area contributed by atoms with Gasteiger partial charge in [-0.25, -0.2) is 16.8 Å². The number of nitrogens with zero attached hydrogens (tertiary/aromatic N) is 1. The molecule has 1 heterocycles. The van der Waals surface area contributed by atoms with E-state index >= 15 is 0 Å². The van der Waals surface area contributed by atoms with Crippen molar-refractivity contribution >= 4 is 31.5 Å². The zero-order valence-corrected chi connectivity index (χ0v) is 12.3. The van der Waals surface area contributed by atoms with E-state index in [2.05, 4.69) is 5.92 Å². The van der Waals surface area contributed by atoms with Gasteiger partial charge in [0.25, 0.3) is 0 Å². The van der Waals surface area contributed by atoms with Crippen molar-refractivity contribution in [2.24, 2.45) is 0 Å². The van der Waals surface area contributed by atoms with Crippen LogP contribution in [0.25, 0.3) is 0 Å². The van der Waals surface area contributed by atoms with E-state index in [1.807, 2.05) is 0 Å². The number of sulfone groups is 1. The average molecular weight is 314 g/mol. The maximum absolute atomic E-state index is 12.1. The Labute approximate surface area is 113 Å². The smallest absolute Gasteiger partial charge is 0.215 e. The summed E-state index contributed by atoms with van der Waals surface area (Å²) in [6, 6.07) is -0.536. The van der Waals surface area contributed by atoms with E-state index in [4.69, 9.17) is 18.0 Å². The maximum Gasteiger partial charge on any atom is 0.215 e.